The third-order valence-corrected chi connectivity index (χ3v) is 9.95. The summed E-state index contributed by atoms with van der Waals surface area (Å²) in [6, 6.07) is 59.2. The van der Waals surface area contributed by atoms with Gasteiger partial charge in [-0.15, -0.1) is 0 Å². The minimum atomic E-state index is 0.705. The van der Waals surface area contributed by atoms with Gasteiger partial charge in [0.25, 0.3) is 0 Å². The Balaban J connectivity index is 1.37. The molecule has 1 heterocycles. The summed E-state index contributed by atoms with van der Waals surface area (Å²) in [4.78, 5) is 0. The first kappa shape index (κ1) is 25.9. The minimum Gasteiger partial charge on any atom is -0.309 e. The number of aromatic nitrogens is 1. The summed E-state index contributed by atoms with van der Waals surface area (Å²) >= 11 is 0. The highest BCUT2D eigenvalue weighted by molar-refractivity contribution is 6.28. The zero-order valence-corrected chi connectivity index (χ0v) is 25.4. The van der Waals surface area contributed by atoms with Gasteiger partial charge in [-0.3, -0.25) is 0 Å². The van der Waals surface area contributed by atoms with Crippen molar-refractivity contribution in [2.24, 2.45) is 0 Å². The van der Waals surface area contributed by atoms with Crippen LogP contribution in [0.4, 0.5) is 0 Å². The fourth-order valence-corrected chi connectivity index (χ4v) is 8.03. The van der Waals surface area contributed by atoms with E-state index in [1.165, 1.54) is 65.3 Å². The SMILES string of the molecule is N#Cc1ccc2c3c1ccc1cc(-c4c5ccccc5c(-c5cccc6ccccc56)c5ccccc45)cc(c13)n2-c1ccccc1. The quantitative estimate of drug-likeness (QED) is 0.148. The lowest BCUT2D eigenvalue weighted by Crippen LogP contribution is -1.94. The number of fused-ring (bicyclic) bond motifs is 3. The lowest BCUT2D eigenvalue weighted by atomic mass is 9.84. The van der Waals surface area contributed by atoms with Crippen molar-refractivity contribution in [3.63, 3.8) is 0 Å². The van der Waals surface area contributed by atoms with E-state index in [0.29, 0.717) is 5.56 Å². The fraction of sp³-hybridized carbons (Fsp3) is 0. The lowest BCUT2D eigenvalue weighted by molar-refractivity contribution is 1.18. The Morgan fingerprint density at radius 3 is 1.79 bits per heavy atom. The molecule has 0 aliphatic rings. The summed E-state index contributed by atoms with van der Waals surface area (Å²) in [6.45, 7) is 0. The molecule has 0 bridgehead atoms. The minimum absolute atomic E-state index is 0.705. The van der Waals surface area contributed by atoms with E-state index in [4.69, 9.17) is 0 Å². The van der Waals surface area contributed by atoms with E-state index in [2.05, 4.69) is 162 Å². The summed E-state index contributed by atoms with van der Waals surface area (Å²) in [6.07, 6.45) is 0. The Morgan fingerprint density at radius 2 is 1.06 bits per heavy atom. The van der Waals surface area contributed by atoms with Crippen molar-refractivity contribution in [1.29, 1.82) is 5.26 Å². The highest BCUT2D eigenvalue weighted by atomic mass is 15.0. The van der Waals surface area contributed by atoms with Gasteiger partial charge in [0.1, 0.15) is 0 Å². The molecule has 47 heavy (non-hydrogen) atoms. The summed E-state index contributed by atoms with van der Waals surface area (Å²) in [5, 5.41) is 22.0. The van der Waals surface area contributed by atoms with Crippen LogP contribution in [0.25, 0.3) is 92.8 Å². The van der Waals surface area contributed by atoms with E-state index in [1.807, 2.05) is 6.07 Å². The average molecular weight is 595 g/mol. The third kappa shape index (κ3) is 3.60. The molecule has 9 aromatic carbocycles. The van der Waals surface area contributed by atoms with Crippen molar-refractivity contribution in [3.8, 4) is 34.0 Å². The van der Waals surface area contributed by atoms with Crippen molar-refractivity contribution in [3.05, 3.63) is 163 Å². The monoisotopic (exact) mass is 594 g/mol. The number of hydrogen-bond donors (Lipinski definition) is 0. The molecule has 216 valence electrons. The lowest BCUT2D eigenvalue weighted by Gasteiger charge is -2.19. The zero-order valence-electron chi connectivity index (χ0n) is 25.4. The summed E-state index contributed by atoms with van der Waals surface area (Å²) in [7, 11) is 0. The number of rotatable bonds is 3. The van der Waals surface area contributed by atoms with Crippen LogP contribution >= 0.6 is 0 Å². The van der Waals surface area contributed by atoms with Gasteiger partial charge in [-0.1, -0.05) is 121 Å². The molecule has 10 aromatic rings. The maximum Gasteiger partial charge on any atom is 0.0998 e. The molecular formula is C45H26N2. The average Bonchev–Trinajstić information content (AvgIpc) is 3.47. The molecule has 10 rings (SSSR count). The first-order chi connectivity index (χ1) is 23.3. The molecule has 2 heteroatoms. The molecule has 2 nitrogen and oxygen atoms in total. The van der Waals surface area contributed by atoms with Gasteiger partial charge in [-0.05, 0) is 96.4 Å². The van der Waals surface area contributed by atoms with Crippen LogP contribution in [-0.4, -0.2) is 4.57 Å². The van der Waals surface area contributed by atoms with E-state index in [0.717, 1.165) is 27.5 Å². The van der Waals surface area contributed by atoms with Crippen LogP contribution in [-0.2, 0) is 0 Å². The van der Waals surface area contributed by atoms with Gasteiger partial charge in [0.2, 0.25) is 0 Å². The molecule has 0 fully saturated rings. The van der Waals surface area contributed by atoms with E-state index in [9.17, 15) is 5.26 Å². The van der Waals surface area contributed by atoms with Gasteiger partial charge in [0, 0.05) is 21.8 Å². The Labute approximate surface area is 271 Å². The molecule has 0 saturated heterocycles. The van der Waals surface area contributed by atoms with E-state index < -0.39 is 0 Å². The van der Waals surface area contributed by atoms with Crippen molar-refractivity contribution in [2.45, 2.75) is 0 Å². The smallest absolute Gasteiger partial charge is 0.0998 e. The van der Waals surface area contributed by atoms with Crippen LogP contribution in [0.5, 0.6) is 0 Å². The normalized spacial score (nSPS) is 11.8. The molecule has 0 atom stereocenters. The Bertz CT molecular complexity index is 2840. The molecule has 1 aromatic heterocycles. The molecule has 0 spiro atoms. The predicted octanol–water partition coefficient (Wildman–Crippen LogP) is 12.0. The maximum atomic E-state index is 9.99. The molecule has 0 unspecified atom stereocenters. The molecule has 0 radical (unpaired) electrons. The van der Waals surface area contributed by atoms with Crippen LogP contribution in [0, 0.1) is 11.3 Å². The molecular weight excluding hydrogens is 569 g/mol. The second kappa shape index (κ2) is 9.78. The van der Waals surface area contributed by atoms with Gasteiger partial charge in [-0.2, -0.15) is 5.26 Å². The van der Waals surface area contributed by atoms with Crippen molar-refractivity contribution in [2.75, 3.05) is 0 Å². The first-order valence-corrected chi connectivity index (χ1v) is 16.0. The zero-order chi connectivity index (χ0) is 31.1. The maximum absolute atomic E-state index is 9.99. The molecule has 0 aliphatic carbocycles. The van der Waals surface area contributed by atoms with Gasteiger partial charge >= 0.3 is 0 Å². The number of para-hydroxylation sites is 1. The number of hydrogen-bond acceptors (Lipinski definition) is 1. The predicted molar refractivity (Wildman–Crippen MR) is 198 cm³/mol. The highest BCUT2D eigenvalue weighted by Crippen LogP contribution is 2.48. The van der Waals surface area contributed by atoms with Gasteiger partial charge in [-0.25, -0.2) is 0 Å². The second-order valence-electron chi connectivity index (χ2n) is 12.4. The topological polar surface area (TPSA) is 28.7 Å². The summed E-state index contributed by atoms with van der Waals surface area (Å²) < 4.78 is 2.37. The van der Waals surface area contributed by atoms with Crippen molar-refractivity contribution >= 4 is 64.9 Å². The van der Waals surface area contributed by atoms with E-state index in [-0.39, 0.29) is 0 Å². The molecule has 0 aliphatic heterocycles. The number of nitrogens with zero attached hydrogens (tertiary/aromatic N) is 2. The van der Waals surface area contributed by atoms with Crippen LogP contribution in [0.15, 0.2) is 158 Å². The van der Waals surface area contributed by atoms with Crippen LogP contribution in [0.3, 0.4) is 0 Å². The van der Waals surface area contributed by atoms with Gasteiger partial charge in [0.15, 0.2) is 0 Å². The van der Waals surface area contributed by atoms with Gasteiger partial charge in [0.05, 0.1) is 22.7 Å². The largest absolute Gasteiger partial charge is 0.309 e. The van der Waals surface area contributed by atoms with E-state index >= 15 is 0 Å². The fourth-order valence-electron chi connectivity index (χ4n) is 8.03. The summed E-state index contributed by atoms with van der Waals surface area (Å²) in [5.41, 5.74) is 9.00. The van der Waals surface area contributed by atoms with E-state index in [1.54, 1.807) is 0 Å². The second-order valence-corrected chi connectivity index (χ2v) is 12.4. The molecule has 0 amide bonds. The summed E-state index contributed by atoms with van der Waals surface area (Å²) in [5.74, 6) is 0. The number of benzene rings is 9. The molecule has 0 N–H and O–H groups in total. The van der Waals surface area contributed by atoms with Crippen molar-refractivity contribution < 1.29 is 0 Å². The van der Waals surface area contributed by atoms with Gasteiger partial charge < -0.3 is 4.57 Å². The van der Waals surface area contributed by atoms with Crippen LogP contribution in [0.2, 0.25) is 0 Å². The Hall–Kier alpha value is -6.43. The molecule has 0 saturated carbocycles. The standard InChI is InChI=1S/C45H26N2/c46-27-30-22-24-40-45-34(30)23-21-29-25-31(26-41(43(29)45)47(40)32-13-2-1-3-14-32)42-36-16-6-8-18-38(36)44(39-19-9-7-17-37(39)42)35-20-10-12-28-11-4-5-15-33(28)35/h1-26H. The van der Waals surface area contributed by atoms with Crippen molar-refractivity contribution in [1.82, 2.24) is 4.57 Å². The van der Waals surface area contributed by atoms with Crippen LogP contribution < -0.4 is 0 Å². The van der Waals surface area contributed by atoms with Crippen LogP contribution in [0.1, 0.15) is 5.56 Å². The number of nitriles is 1. The first-order valence-electron chi connectivity index (χ1n) is 16.0. The highest BCUT2D eigenvalue weighted by Gasteiger charge is 2.22. The Morgan fingerprint density at radius 1 is 0.426 bits per heavy atom. The third-order valence-electron chi connectivity index (χ3n) is 9.95. The Kier molecular flexibility index (Phi) is 5.38.